The minimum absolute atomic E-state index is 0.122. The van der Waals surface area contributed by atoms with E-state index in [4.69, 9.17) is 10.5 Å². The van der Waals surface area contributed by atoms with E-state index in [2.05, 4.69) is 0 Å². The summed E-state index contributed by atoms with van der Waals surface area (Å²) in [6.45, 7) is 7.97. The maximum Gasteiger partial charge on any atom is 0.318 e. The highest BCUT2D eigenvalue weighted by atomic mass is 32.2. The van der Waals surface area contributed by atoms with Crippen LogP contribution in [0.15, 0.2) is 0 Å². The van der Waals surface area contributed by atoms with Gasteiger partial charge in [-0.15, -0.1) is 11.8 Å². The number of ether oxygens (including phenoxy) is 1. The molecule has 1 atom stereocenters. The van der Waals surface area contributed by atoms with Crippen LogP contribution in [0.3, 0.4) is 0 Å². The largest absolute Gasteiger partial charge is 0.465 e. The summed E-state index contributed by atoms with van der Waals surface area (Å²) < 4.78 is 4.87. The summed E-state index contributed by atoms with van der Waals surface area (Å²) in [6, 6.07) is 0. The Kier molecular flexibility index (Phi) is 5.40. The summed E-state index contributed by atoms with van der Waals surface area (Å²) >= 11 is 1.53. The van der Waals surface area contributed by atoms with E-state index in [-0.39, 0.29) is 16.8 Å². The summed E-state index contributed by atoms with van der Waals surface area (Å²) in [6.07, 6.45) is 0. The zero-order valence-corrected chi connectivity index (χ0v) is 9.61. The van der Waals surface area contributed by atoms with E-state index < -0.39 is 0 Å². The van der Waals surface area contributed by atoms with E-state index in [0.29, 0.717) is 6.61 Å². The normalized spacial score (nSPS) is 13.9. The van der Waals surface area contributed by atoms with Gasteiger partial charge in [-0.2, -0.15) is 0 Å². The molecule has 0 amide bonds. The molecular weight excluding hydrogens is 186 g/mol. The predicted octanol–water partition coefficient (Wildman–Crippen LogP) is 1.41. The third-order valence-electron chi connectivity index (χ3n) is 1.32. The number of hydrogen-bond acceptors (Lipinski definition) is 4. The summed E-state index contributed by atoms with van der Waals surface area (Å²) in [4.78, 5) is 11.2. The SMILES string of the molecule is CCOC(=O)C(C)SCC(C)(C)N. The summed E-state index contributed by atoms with van der Waals surface area (Å²) in [5, 5.41) is -0.122. The Morgan fingerprint density at radius 1 is 1.62 bits per heavy atom. The van der Waals surface area contributed by atoms with Crippen LogP contribution >= 0.6 is 11.8 Å². The Morgan fingerprint density at radius 3 is 2.54 bits per heavy atom. The molecule has 3 nitrogen and oxygen atoms in total. The highest BCUT2D eigenvalue weighted by Gasteiger charge is 2.18. The van der Waals surface area contributed by atoms with Crippen molar-refractivity contribution in [1.29, 1.82) is 0 Å². The number of carbonyl (C=O) groups is 1. The fourth-order valence-corrected chi connectivity index (χ4v) is 1.55. The van der Waals surface area contributed by atoms with Gasteiger partial charge in [0.25, 0.3) is 0 Å². The molecule has 2 N–H and O–H groups in total. The molecule has 0 aliphatic carbocycles. The van der Waals surface area contributed by atoms with Gasteiger partial charge < -0.3 is 10.5 Å². The first-order valence-corrected chi connectivity index (χ1v) is 5.49. The fraction of sp³-hybridized carbons (Fsp3) is 0.889. The Morgan fingerprint density at radius 2 is 2.15 bits per heavy atom. The quantitative estimate of drug-likeness (QED) is 0.689. The smallest absolute Gasteiger partial charge is 0.318 e. The van der Waals surface area contributed by atoms with Gasteiger partial charge in [0.2, 0.25) is 0 Å². The van der Waals surface area contributed by atoms with Crippen LogP contribution < -0.4 is 5.73 Å². The van der Waals surface area contributed by atoms with Crippen LogP contribution in [0.4, 0.5) is 0 Å². The number of nitrogens with two attached hydrogens (primary N) is 1. The van der Waals surface area contributed by atoms with Crippen LogP contribution in [-0.2, 0) is 9.53 Å². The first kappa shape index (κ1) is 12.8. The van der Waals surface area contributed by atoms with Gasteiger partial charge in [-0.05, 0) is 27.7 Å². The number of rotatable bonds is 5. The Labute approximate surface area is 84.4 Å². The summed E-state index contributed by atoms with van der Waals surface area (Å²) in [7, 11) is 0. The van der Waals surface area contributed by atoms with Gasteiger partial charge in [0.1, 0.15) is 0 Å². The maximum absolute atomic E-state index is 11.2. The summed E-state index contributed by atoms with van der Waals surface area (Å²) in [5.41, 5.74) is 5.55. The van der Waals surface area contributed by atoms with E-state index >= 15 is 0 Å². The molecule has 0 radical (unpaired) electrons. The minimum Gasteiger partial charge on any atom is -0.465 e. The molecule has 0 aromatic heterocycles. The second-order valence-corrected chi connectivity index (χ2v) is 5.02. The van der Waals surface area contributed by atoms with Crippen molar-refractivity contribution in [2.75, 3.05) is 12.4 Å². The molecule has 0 aromatic rings. The summed E-state index contributed by atoms with van der Waals surface area (Å²) in [5.74, 6) is 0.601. The molecule has 0 aliphatic heterocycles. The molecule has 0 rings (SSSR count). The van der Waals surface area contributed by atoms with Gasteiger partial charge in [0, 0.05) is 11.3 Å². The standard InChI is InChI=1S/C9H19NO2S/c1-5-12-8(11)7(2)13-6-9(3,4)10/h7H,5-6,10H2,1-4H3. The van der Waals surface area contributed by atoms with Gasteiger partial charge in [-0.25, -0.2) is 0 Å². The molecule has 0 bridgehead atoms. The van der Waals surface area contributed by atoms with Crippen LogP contribution in [0.2, 0.25) is 0 Å². The molecule has 0 heterocycles. The number of hydrogen-bond donors (Lipinski definition) is 1. The van der Waals surface area contributed by atoms with Crippen molar-refractivity contribution < 1.29 is 9.53 Å². The average molecular weight is 205 g/mol. The average Bonchev–Trinajstić information content (AvgIpc) is 1.99. The molecule has 13 heavy (non-hydrogen) atoms. The fourth-order valence-electron chi connectivity index (χ4n) is 0.667. The first-order valence-electron chi connectivity index (χ1n) is 4.44. The second kappa shape index (κ2) is 5.50. The Hall–Kier alpha value is -0.220. The molecule has 1 unspecified atom stereocenters. The lowest BCUT2D eigenvalue weighted by Crippen LogP contribution is -2.36. The van der Waals surface area contributed by atoms with Crippen LogP contribution in [0.5, 0.6) is 0 Å². The van der Waals surface area contributed by atoms with Crippen LogP contribution in [0.25, 0.3) is 0 Å². The third kappa shape index (κ3) is 6.90. The Balaban J connectivity index is 3.74. The van der Waals surface area contributed by atoms with E-state index in [1.165, 1.54) is 11.8 Å². The first-order chi connectivity index (χ1) is 5.87. The molecule has 0 aromatic carbocycles. The van der Waals surface area contributed by atoms with E-state index in [0.717, 1.165) is 5.75 Å². The maximum atomic E-state index is 11.2. The van der Waals surface area contributed by atoms with Crippen molar-refractivity contribution in [3.63, 3.8) is 0 Å². The predicted molar refractivity (Wildman–Crippen MR) is 56.8 cm³/mol. The van der Waals surface area contributed by atoms with Gasteiger partial charge in [-0.1, -0.05) is 0 Å². The van der Waals surface area contributed by atoms with Crippen molar-refractivity contribution in [3.05, 3.63) is 0 Å². The van der Waals surface area contributed by atoms with Crippen molar-refractivity contribution >= 4 is 17.7 Å². The molecule has 78 valence electrons. The molecule has 4 heteroatoms. The highest BCUT2D eigenvalue weighted by molar-refractivity contribution is 8.00. The Bertz CT molecular complexity index is 165. The molecule has 0 spiro atoms. The van der Waals surface area contributed by atoms with Crippen LogP contribution in [-0.4, -0.2) is 29.1 Å². The third-order valence-corrected chi connectivity index (χ3v) is 2.93. The number of esters is 1. The lowest BCUT2D eigenvalue weighted by molar-refractivity contribution is -0.142. The van der Waals surface area contributed by atoms with Gasteiger partial charge in [0.05, 0.1) is 11.9 Å². The molecule has 0 saturated heterocycles. The van der Waals surface area contributed by atoms with Gasteiger partial charge in [0.15, 0.2) is 0 Å². The van der Waals surface area contributed by atoms with E-state index in [9.17, 15) is 4.79 Å². The van der Waals surface area contributed by atoms with E-state index in [1.54, 1.807) is 0 Å². The molecular formula is C9H19NO2S. The lowest BCUT2D eigenvalue weighted by atomic mass is 10.1. The molecule has 0 fully saturated rings. The highest BCUT2D eigenvalue weighted by Crippen LogP contribution is 2.16. The number of thioether (sulfide) groups is 1. The van der Waals surface area contributed by atoms with Crippen LogP contribution in [0.1, 0.15) is 27.7 Å². The van der Waals surface area contributed by atoms with Crippen molar-refractivity contribution in [2.24, 2.45) is 5.73 Å². The monoisotopic (exact) mass is 205 g/mol. The minimum atomic E-state index is -0.231. The van der Waals surface area contributed by atoms with Gasteiger partial charge in [-0.3, -0.25) is 4.79 Å². The van der Waals surface area contributed by atoms with Crippen molar-refractivity contribution in [3.8, 4) is 0 Å². The van der Waals surface area contributed by atoms with Crippen LogP contribution in [0, 0.1) is 0 Å². The van der Waals surface area contributed by atoms with Gasteiger partial charge >= 0.3 is 5.97 Å². The zero-order chi connectivity index (χ0) is 10.5. The second-order valence-electron chi connectivity index (χ2n) is 3.69. The van der Waals surface area contributed by atoms with Crippen molar-refractivity contribution in [1.82, 2.24) is 0 Å². The zero-order valence-electron chi connectivity index (χ0n) is 8.79. The molecule has 0 saturated carbocycles. The lowest BCUT2D eigenvalue weighted by Gasteiger charge is -2.19. The van der Waals surface area contributed by atoms with Crippen molar-refractivity contribution in [2.45, 2.75) is 38.5 Å². The van der Waals surface area contributed by atoms with E-state index in [1.807, 2.05) is 27.7 Å². The topological polar surface area (TPSA) is 52.3 Å². The number of carbonyl (C=O) groups excluding carboxylic acids is 1. The molecule has 0 aliphatic rings.